The number of nitrogens with one attached hydrogen (secondary N) is 1. The summed E-state index contributed by atoms with van der Waals surface area (Å²) in [5.41, 5.74) is -0.0952. The number of hydrogen-bond donors (Lipinski definition) is 2. The lowest BCUT2D eigenvalue weighted by atomic mass is 9.89. The van der Waals surface area contributed by atoms with Gasteiger partial charge in [0.1, 0.15) is 6.23 Å². The topological polar surface area (TPSA) is 32.3 Å². The number of hydrogen-bond acceptors (Lipinski definition) is 2. The zero-order valence-electron chi connectivity index (χ0n) is 10.8. The molecule has 0 aliphatic carbocycles. The molecule has 0 saturated heterocycles. The second kappa shape index (κ2) is 5.13. The Bertz CT molecular complexity index is 150. The van der Waals surface area contributed by atoms with E-state index >= 15 is 0 Å². The summed E-state index contributed by atoms with van der Waals surface area (Å²) >= 11 is 0. The van der Waals surface area contributed by atoms with Gasteiger partial charge in [0, 0.05) is 11.5 Å². The van der Waals surface area contributed by atoms with Crippen molar-refractivity contribution in [2.24, 2.45) is 17.3 Å². The summed E-state index contributed by atoms with van der Waals surface area (Å²) in [6.07, 6.45) is -0.433. The van der Waals surface area contributed by atoms with Crippen molar-refractivity contribution in [1.82, 2.24) is 5.32 Å². The van der Waals surface area contributed by atoms with E-state index in [0.29, 0.717) is 17.9 Å². The fraction of sp³-hybridized carbons (Fsp3) is 1.00. The van der Waals surface area contributed by atoms with E-state index in [1.54, 1.807) is 0 Å². The van der Waals surface area contributed by atoms with Crippen LogP contribution in [0.2, 0.25) is 0 Å². The Morgan fingerprint density at radius 3 is 1.50 bits per heavy atom. The molecule has 0 bridgehead atoms. The average molecular weight is 201 g/mol. The maximum atomic E-state index is 9.94. The van der Waals surface area contributed by atoms with Gasteiger partial charge in [0.2, 0.25) is 0 Å². The standard InChI is InChI=1S/C12H27NO/c1-8(2)10(9(3)4)13-11(14)12(5,6)7/h8-11,13-14H,1-7H3. The van der Waals surface area contributed by atoms with Gasteiger partial charge in [-0.3, -0.25) is 5.32 Å². The third-order valence-corrected chi connectivity index (χ3v) is 2.61. The van der Waals surface area contributed by atoms with Crippen molar-refractivity contribution in [1.29, 1.82) is 0 Å². The van der Waals surface area contributed by atoms with Gasteiger partial charge in [-0.25, -0.2) is 0 Å². The molecule has 0 aliphatic rings. The number of rotatable bonds is 4. The van der Waals surface area contributed by atoms with E-state index in [4.69, 9.17) is 0 Å². The van der Waals surface area contributed by atoms with Gasteiger partial charge in [0.15, 0.2) is 0 Å². The summed E-state index contributed by atoms with van der Waals surface area (Å²) < 4.78 is 0. The molecule has 0 amide bonds. The van der Waals surface area contributed by atoms with Crippen LogP contribution in [0.1, 0.15) is 48.5 Å². The van der Waals surface area contributed by atoms with Crippen LogP contribution < -0.4 is 5.32 Å². The highest BCUT2D eigenvalue weighted by Crippen LogP contribution is 2.20. The molecule has 1 atom stereocenters. The molecule has 0 aliphatic heterocycles. The molecule has 2 N–H and O–H groups in total. The summed E-state index contributed by atoms with van der Waals surface area (Å²) in [5, 5.41) is 13.3. The minimum atomic E-state index is -0.433. The molecular weight excluding hydrogens is 174 g/mol. The van der Waals surface area contributed by atoms with Crippen molar-refractivity contribution in [3.05, 3.63) is 0 Å². The zero-order chi connectivity index (χ0) is 11.5. The Morgan fingerprint density at radius 1 is 0.929 bits per heavy atom. The second-order valence-corrected chi connectivity index (χ2v) is 5.95. The minimum absolute atomic E-state index is 0.0952. The molecule has 0 rings (SSSR count). The van der Waals surface area contributed by atoms with Crippen LogP contribution in [0.3, 0.4) is 0 Å². The normalized spacial score (nSPS) is 15.6. The predicted molar refractivity (Wildman–Crippen MR) is 62.1 cm³/mol. The van der Waals surface area contributed by atoms with Gasteiger partial charge in [-0.05, 0) is 11.8 Å². The highest BCUT2D eigenvalue weighted by atomic mass is 16.3. The fourth-order valence-corrected chi connectivity index (χ4v) is 1.59. The van der Waals surface area contributed by atoms with Gasteiger partial charge < -0.3 is 5.11 Å². The van der Waals surface area contributed by atoms with Crippen molar-refractivity contribution in [2.45, 2.75) is 60.7 Å². The largest absolute Gasteiger partial charge is 0.378 e. The van der Waals surface area contributed by atoms with Crippen molar-refractivity contribution >= 4 is 0 Å². The second-order valence-electron chi connectivity index (χ2n) is 5.95. The Kier molecular flexibility index (Phi) is 5.10. The lowest BCUT2D eigenvalue weighted by Gasteiger charge is -2.34. The Morgan fingerprint density at radius 2 is 1.29 bits per heavy atom. The van der Waals surface area contributed by atoms with E-state index in [0.717, 1.165) is 0 Å². The molecule has 14 heavy (non-hydrogen) atoms. The summed E-state index contributed by atoms with van der Waals surface area (Å²) in [6, 6.07) is 0.379. The summed E-state index contributed by atoms with van der Waals surface area (Å²) in [6.45, 7) is 14.9. The van der Waals surface area contributed by atoms with Crippen molar-refractivity contribution in [3.63, 3.8) is 0 Å². The molecule has 86 valence electrons. The molecule has 0 radical (unpaired) electrons. The first-order valence-corrected chi connectivity index (χ1v) is 5.60. The first-order chi connectivity index (χ1) is 6.16. The number of aliphatic hydroxyl groups excluding tert-OH is 1. The number of aliphatic hydroxyl groups is 1. The maximum Gasteiger partial charge on any atom is 0.110 e. The summed E-state index contributed by atoms with van der Waals surface area (Å²) in [4.78, 5) is 0. The first kappa shape index (κ1) is 13.9. The molecule has 2 nitrogen and oxygen atoms in total. The SMILES string of the molecule is CC(C)C(NC(O)C(C)(C)C)C(C)C. The van der Waals surface area contributed by atoms with E-state index in [2.05, 4.69) is 33.0 Å². The summed E-state index contributed by atoms with van der Waals surface area (Å²) in [5.74, 6) is 1.10. The van der Waals surface area contributed by atoms with Gasteiger partial charge in [-0.2, -0.15) is 0 Å². The summed E-state index contributed by atoms with van der Waals surface area (Å²) in [7, 11) is 0. The maximum absolute atomic E-state index is 9.94. The van der Waals surface area contributed by atoms with Crippen LogP contribution in [0.4, 0.5) is 0 Å². The molecule has 0 fully saturated rings. The third kappa shape index (κ3) is 4.43. The van der Waals surface area contributed by atoms with Crippen LogP contribution >= 0.6 is 0 Å². The first-order valence-electron chi connectivity index (χ1n) is 5.60. The molecule has 1 unspecified atom stereocenters. The molecule has 0 aromatic rings. The lowest BCUT2D eigenvalue weighted by Crippen LogP contribution is -2.49. The van der Waals surface area contributed by atoms with Gasteiger partial charge in [-0.1, -0.05) is 48.5 Å². The van der Waals surface area contributed by atoms with Crippen LogP contribution in [-0.4, -0.2) is 17.4 Å². The molecule has 0 aromatic carbocycles. The smallest absolute Gasteiger partial charge is 0.110 e. The molecule has 0 aromatic heterocycles. The molecular formula is C12H27NO. The Labute approximate surface area is 89.1 Å². The van der Waals surface area contributed by atoms with Crippen molar-refractivity contribution in [3.8, 4) is 0 Å². The van der Waals surface area contributed by atoms with Crippen molar-refractivity contribution in [2.75, 3.05) is 0 Å². The van der Waals surface area contributed by atoms with E-state index in [1.165, 1.54) is 0 Å². The molecule has 2 heteroatoms. The van der Waals surface area contributed by atoms with E-state index in [9.17, 15) is 5.11 Å². The highest BCUT2D eigenvalue weighted by molar-refractivity contribution is 4.79. The van der Waals surface area contributed by atoms with Crippen LogP contribution in [0.15, 0.2) is 0 Å². The van der Waals surface area contributed by atoms with E-state index in [-0.39, 0.29) is 5.41 Å². The fourth-order valence-electron chi connectivity index (χ4n) is 1.59. The Hall–Kier alpha value is -0.0800. The van der Waals surface area contributed by atoms with Crippen LogP contribution in [0.25, 0.3) is 0 Å². The predicted octanol–water partition coefficient (Wildman–Crippen LogP) is 2.62. The third-order valence-electron chi connectivity index (χ3n) is 2.61. The molecule has 0 heterocycles. The average Bonchev–Trinajstić information content (AvgIpc) is 1.96. The minimum Gasteiger partial charge on any atom is -0.378 e. The lowest BCUT2D eigenvalue weighted by molar-refractivity contribution is 0.0113. The van der Waals surface area contributed by atoms with Gasteiger partial charge in [0.05, 0.1) is 0 Å². The van der Waals surface area contributed by atoms with Crippen LogP contribution in [-0.2, 0) is 0 Å². The van der Waals surface area contributed by atoms with Crippen molar-refractivity contribution < 1.29 is 5.11 Å². The van der Waals surface area contributed by atoms with E-state index < -0.39 is 6.23 Å². The highest BCUT2D eigenvalue weighted by Gasteiger charge is 2.27. The Balaban J connectivity index is 4.31. The van der Waals surface area contributed by atoms with Gasteiger partial charge >= 0.3 is 0 Å². The quantitative estimate of drug-likeness (QED) is 0.685. The van der Waals surface area contributed by atoms with Crippen LogP contribution in [0.5, 0.6) is 0 Å². The van der Waals surface area contributed by atoms with Gasteiger partial charge in [0.25, 0.3) is 0 Å². The van der Waals surface area contributed by atoms with E-state index in [1.807, 2.05) is 20.8 Å². The van der Waals surface area contributed by atoms with Gasteiger partial charge in [-0.15, -0.1) is 0 Å². The van der Waals surface area contributed by atoms with Crippen LogP contribution in [0, 0.1) is 17.3 Å². The molecule has 0 saturated carbocycles. The zero-order valence-corrected chi connectivity index (χ0v) is 10.8. The molecule has 0 spiro atoms. The monoisotopic (exact) mass is 201 g/mol.